The Labute approximate surface area is 120 Å². The average Bonchev–Trinajstić information content (AvgIpc) is 2.92. The lowest BCUT2D eigenvalue weighted by Gasteiger charge is -2.06. The number of benzene rings is 1. The SMILES string of the molecule is O=C(NCCS(=O)(=O)c1ccccc1)Nc1nncs1. The second-order valence-electron chi connectivity index (χ2n) is 3.76. The van der Waals surface area contributed by atoms with Gasteiger partial charge in [0.2, 0.25) is 5.13 Å². The first-order valence-electron chi connectivity index (χ1n) is 5.67. The lowest BCUT2D eigenvalue weighted by atomic mass is 10.4. The summed E-state index contributed by atoms with van der Waals surface area (Å²) in [5.41, 5.74) is 1.48. The summed E-state index contributed by atoms with van der Waals surface area (Å²) in [6.45, 7) is 0.0157. The van der Waals surface area contributed by atoms with E-state index in [1.54, 1.807) is 18.2 Å². The van der Waals surface area contributed by atoms with Gasteiger partial charge in [-0.15, -0.1) is 10.2 Å². The Morgan fingerprint density at radius 1 is 1.25 bits per heavy atom. The number of sulfone groups is 1. The molecule has 0 unspecified atom stereocenters. The minimum absolute atomic E-state index is 0.0157. The largest absolute Gasteiger partial charge is 0.337 e. The van der Waals surface area contributed by atoms with Crippen molar-refractivity contribution in [3.63, 3.8) is 0 Å². The van der Waals surface area contributed by atoms with Crippen molar-refractivity contribution in [2.75, 3.05) is 17.6 Å². The van der Waals surface area contributed by atoms with Crippen LogP contribution in [-0.4, -0.2) is 36.9 Å². The van der Waals surface area contributed by atoms with E-state index < -0.39 is 15.9 Å². The van der Waals surface area contributed by atoms with Gasteiger partial charge in [0.05, 0.1) is 10.6 Å². The van der Waals surface area contributed by atoms with Crippen LogP contribution in [0.25, 0.3) is 0 Å². The summed E-state index contributed by atoms with van der Waals surface area (Å²) in [7, 11) is -3.39. The molecule has 9 heteroatoms. The fourth-order valence-corrected chi connectivity index (χ4v) is 3.03. The molecule has 20 heavy (non-hydrogen) atoms. The molecule has 2 aromatic rings. The number of hydrogen-bond donors (Lipinski definition) is 2. The molecule has 7 nitrogen and oxygen atoms in total. The quantitative estimate of drug-likeness (QED) is 0.862. The van der Waals surface area contributed by atoms with Crippen molar-refractivity contribution in [3.8, 4) is 0 Å². The average molecular weight is 312 g/mol. The van der Waals surface area contributed by atoms with Gasteiger partial charge in [-0.2, -0.15) is 0 Å². The lowest BCUT2D eigenvalue weighted by molar-refractivity contribution is 0.252. The molecule has 0 aliphatic carbocycles. The van der Waals surface area contributed by atoms with Crippen molar-refractivity contribution in [1.29, 1.82) is 0 Å². The summed E-state index contributed by atoms with van der Waals surface area (Å²) >= 11 is 1.17. The van der Waals surface area contributed by atoms with E-state index in [-0.39, 0.29) is 17.2 Å². The van der Waals surface area contributed by atoms with Crippen LogP contribution in [0.3, 0.4) is 0 Å². The zero-order valence-electron chi connectivity index (χ0n) is 10.3. The predicted octanol–water partition coefficient (Wildman–Crippen LogP) is 1.13. The standard InChI is InChI=1S/C11H12N4O3S2/c16-10(14-11-15-13-8-19-11)12-6-7-20(17,18)9-4-2-1-3-5-9/h1-5,8H,6-7H2,(H2,12,14,15,16). The fourth-order valence-electron chi connectivity index (χ4n) is 1.41. The Kier molecular flexibility index (Phi) is 4.64. The van der Waals surface area contributed by atoms with Gasteiger partial charge in [0.25, 0.3) is 0 Å². The van der Waals surface area contributed by atoms with Crippen LogP contribution < -0.4 is 10.6 Å². The minimum atomic E-state index is -3.39. The molecule has 0 radical (unpaired) electrons. The van der Waals surface area contributed by atoms with Crippen LogP contribution in [0, 0.1) is 0 Å². The summed E-state index contributed by atoms with van der Waals surface area (Å²) in [6.07, 6.45) is 0. The van der Waals surface area contributed by atoms with Gasteiger partial charge in [-0.3, -0.25) is 5.32 Å². The van der Waals surface area contributed by atoms with E-state index in [1.165, 1.54) is 29.0 Å². The number of aromatic nitrogens is 2. The molecule has 2 rings (SSSR count). The van der Waals surface area contributed by atoms with Crippen LogP contribution in [0.1, 0.15) is 0 Å². The molecule has 1 heterocycles. The Balaban J connectivity index is 1.82. The van der Waals surface area contributed by atoms with E-state index in [0.29, 0.717) is 5.13 Å². The van der Waals surface area contributed by atoms with Crippen LogP contribution in [0.4, 0.5) is 9.93 Å². The second kappa shape index (κ2) is 6.44. The zero-order chi connectivity index (χ0) is 14.4. The van der Waals surface area contributed by atoms with Crippen LogP contribution in [0.15, 0.2) is 40.7 Å². The van der Waals surface area contributed by atoms with Gasteiger partial charge >= 0.3 is 6.03 Å². The molecule has 2 amide bonds. The highest BCUT2D eigenvalue weighted by Crippen LogP contribution is 2.09. The number of amides is 2. The molecule has 1 aromatic carbocycles. The third-order valence-corrected chi connectivity index (χ3v) is 4.68. The van der Waals surface area contributed by atoms with Gasteiger partial charge in [0.15, 0.2) is 9.84 Å². The molecule has 0 saturated heterocycles. The minimum Gasteiger partial charge on any atom is -0.337 e. The van der Waals surface area contributed by atoms with Gasteiger partial charge in [0.1, 0.15) is 5.51 Å². The molecule has 2 N–H and O–H groups in total. The van der Waals surface area contributed by atoms with Crippen molar-refractivity contribution in [2.45, 2.75) is 4.90 Å². The molecule has 0 spiro atoms. The van der Waals surface area contributed by atoms with Gasteiger partial charge in [-0.25, -0.2) is 13.2 Å². The molecule has 0 fully saturated rings. The number of nitrogens with zero attached hydrogens (tertiary/aromatic N) is 2. The van der Waals surface area contributed by atoms with Crippen molar-refractivity contribution < 1.29 is 13.2 Å². The van der Waals surface area contributed by atoms with E-state index in [0.717, 1.165) is 0 Å². The number of nitrogens with one attached hydrogen (secondary N) is 2. The second-order valence-corrected chi connectivity index (χ2v) is 6.70. The first-order chi connectivity index (χ1) is 9.58. The number of hydrogen-bond acceptors (Lipinski definition) is 6. The van der Waals surface area contributed by atoms with Crippen LogP contribution in [0.2, 0.25) is 0 Å². The lowest BCUT2D eigenvalue weighted by Crippen LogP contribution is -2.32. The number of rotatable bonds is 5. The van der Waals surface area contributed by atoms with Crippen molar-refractivity contribution in [1.82, 2.24) is 15.5 Å². The van der Waals surface area contributed by atoms with Crippen LogP contribution in [0.5, 0.6) is 0 Å². The summed E-state index contributed by atoms with van der Waals surface area (Å²) in [6, 6.07) is 7.59. The van der Waals surface area contributed by atoms with Crippen LogP contribution >= 0.6 is 11.3 Å². The Morgan fingerprint density at radius 3 is 2.65 bits per heavy atom. The third kappa shape index (κ3) is 4.00. The van der Waals surface area contributed by atoms with E-state index >= 15 is 0 Å². The summed E-state index contributed by atoms with van der Waals surface area (Å²) in [4.78, 5) is 11.7. The third-order valence-electron chi connectivity index (χ3n) is 2.34. The highest BCUT2D eigenvalue weighted by atomic mass is 32.2. The van der Waals surface area contributed by atoms with E-state index in [1.807, 2.05) is 0 Å². The van der Waals surface area contributed by atoms with E-state index in [4.69, 9.17) is 0 Å². The molecule has 0 aliphatic heterocycles. The first kappa shape index (κ1) is 14.4. The van der Waals surface area contributed by atoms with Gasteiger partial charge in [0, 0.05) is 6.54 Å². The molecule has 0 atom stereocenters. The molecule has 106 valence electrons. The molecule has 1 aromatic heterocycles. The molecule has 0 saturated carbocycles. The van der Waals surface area contributed by atoms with E-state index in [9.17, 15) is 13.2 Å². The Morgan fingerprint density at radius 2 is 2.00 bits per heavy atom. The molecular formula is C11H12N4O3S2. The predicted molar refractivity (Wildman–Crippen MR) is 75.4 cm³/mol. The Bertz CT molecular complexity index is 656. The maximum atomic E-state index is 11.9. The topological polar surface area (TPSA) is 101 Å². The van der Waals surface area contributed by atoms with Gasteiger partial charge in [-0.1, -0.05) is 29.5 Å². The number of carbonyl (C=O) groups excluding carboxylic acids is 1. The molecular weight excluding hydrogens is 300 g/mol. The summed E-state index contributed by atoms with van der Waals surface area (Å²) in [5.74, 6) is -0.166. The van der Waals surface area contributed by atoms with Crippen LogP contribution in [-0.2, 0) is 9.84 Å². The molecule has 0 aliphatic rings. The van der Waals surface area contributed by atoms with Crippen molar-refractivity contribution in [2.24, 2.45) is 0 Å². The van der Waals surface area contributed by atoms with Crippen molar-refractivity contribution >= 4 is 32.3 Å². The summed E-state index contributed by atoms with van der Waals surface area (Å²) in [5, 5.41) is 12.5. The van der Waals surface area contributed by atoms with Crippen molar-refractivity contribution in [3.05, 3.63) is 35.8 Å². The summed E-state index contributed by atoms with van der Waals surface area (Å²) < 4.78 is 23.9. The smallest absolute Gasteiger partial charge is 0.321 e. The number of urea groups is 1. The zero-order valence-corrected chi connectivity index (χ0v) is 11.9. The Hall–Kier alpha value is -2.00. The van der Waals surface area contributed by atoms with Gasteiger partial charge in [-0.05, 0) is 12.1 Å². The first-order valence-corrected chi connectivity index (χ1v) is 8.20. The highest BCUT2D eigenvalue weighted by Gasteiger charge is 2.14. The molecule has 0 bridgehead atoms. The fraction of sp³-hybridized carbons (Fsp3) is 0.182. The van der Waals surface area contributed by atoms with Gasteiger partial charge < -0.3 is 5.32 Å². The maximum Gasteiger partial charge on any atom is 0.321 e. The highest BCUT2D eigenvalue weighted by molar-refractivity contribution is 7.91. The number of anilines is 1. The van der Waals surface area contributed by atoms with E-state index in [2.05, 4.69) is 20.8 Å². The monoisotopic (exact) mass is 312 g/mol. The maximum absolute atomic E-state index is 11.9. The normalized spacial score (nSPS) is 11.0. The number of carbonyl (C=O) groups is 1.